The van der Waals surface area contributed by atoms with E-state index in [0.29, 0.717) is 5.76 Å². The molecule has 4 nitrogen and oxygen atoms in total. The van der Waals surface area contributed by atoms with E-state index >= 15 is 0 Å². The van der Waals surface area contributed by atoms with E-state index in [1.165, 1.54) is 0 Å². The zero-order valence-electron chi connectivity index (χ0n) is 10.9. The molecule has 0 saturated carbocycles. The Hall–Kier alpha value is -1.78. The maximum atomic E-state index is 9.90. The van der Waals surface area contributed by atoms with Crippen LogP contribution in [0, 0.1) is 0 Å². The molecule has 0 saturated heterocycles. The van der Waals surface area contributed by atoms with E-state index in [2.05, 4.69) is 5.32 Å². The van der Waals surface area contributed by atoms with Gasteiger partial charge in [0.2, 0.25) is 0 Å². The molecular weight excluding hydrogens is 242 g/mol. The summed E-state index contributed by atoms with van der Waals surface area (Å²) in [5.41, 5.74) is 0.829. The summed E-state index contributed by atoms with van der Waals surface area (Å²) in [6.07, 6.45) is 2.38. The molecule has 1 heterocycles. The summed E-state index contributed by atoms with van der Waals surface area (Å²) in [6.45, 7) is 1.97. The zero-order valence-corrected chi connectivity index (χ0v) is 10.9. The number of para-hydroxylation sites is 1. The minimum Gasteiger partial charge on any atom is -0.508 e. The molecule has 0 unspecified atom stereocenters. The van der Waals surface area contributed by atoms with Gasteiger partial charge in [-0.3, -0.25) is 5.32 Å². The Labute approximate surface area is 112 Å². The lowest BCUT2D eigenvalue weighted by Crippen LogP contribution is -2.28. The van der Waals surface area contributed by atoms with Gasteiger partial charge in [0.1, 0.15) is 11.5 Å². The first kappa shape index (κ1) is 13.6. The van der Waals surface area contributed by atoms with Crippen molar-refractivity contribution in [2.24, 2.45) is 0 Å². The number of phenolic OH excluding ortho intramolecular Hbond substituents is 1. The highest BCUT2D eigenvalue weighted by atomic mass is 16.3. The van der Waals surface area contributed by atoms with Crippen molar-refractivity contribution in [1.29, 1.82) is 0 Å². The Kier molecular flexibility index (Phi) is 4.60. The van der Waals surface area contributed by atoms with E-state index in [9.17, 15) is 10.2 Å². The van der Waals surface area contributed by atoms with Gasteiger partial charge in [0, 0.05) is 11.6 Å². The molecule has 2 aromatic rings. The van der Waals surface area contributed by atoms with Gasteiger partial charge in [0.05, 0.1) is 18.9 Å². The largest absolute Gasteiger partial charge is 0.508 e. The van der Waals surface area contributed by atoms with E-state index in [-0.39, 0.29) is 24.4 Å². The quantitative estimate of drug-likeness (QED) is 0.748. The van der Waals surface area contributed by atoms with Gasteiger partial charge in [-0.15, -0.1) is 0 Å². The fourth-order valence-electron chi connectivity index (χ4n) is 2.17. The van der Waals surface area contributed by atoms with Crippen LogP contribution in [-0.4, -0.2) is 16.8 Å². The number of rotatable bonds is 6. The summed E-state index contributed by atoms with van der Waals surface area (Å²) >= 11 is 0. The molecule has 0 spiro atoms. The monoisotopic (exact) mass is 261 g/mol. The van der Waals surface area contributed by atoms with E-state index < -0.39 is 0 Å². The predicted molar refractivity (Wildman–Crippen MR) is 72.8 cm³/mol. The highest BCUT2D eigenvalue weighted by Crippen LogP contribution is 2.28. The number of benzene rings is 1. The molecule has 0 fully saturated rings. The van der Waals surface area contributed by atoms with Gasteiger partial charge in [-0.05, 0) is 24.6 Å². The number of aliphatic hydroxyl groups excluding tert-OH is 1. The molecule has 0 aliphatic rings. The fraction of sp³-hybridized carbons (Fsp3) is 0.333. The molecule has 1 aromatic carbocycles. The molecule has 3 N–H and O–H groups in total. The standard InChI is InChI=1S/C15H19NO3/c1-2-12(11-6-3-4-7-14(11)18)16-13(10-17)15-8-5-9-19-15/h3-9,12-13,16-18H,2,10H2,1H3/t12-,13-/m0/s1. The van der Waals surface area contributed by atoms with Crippen LogP contribution >= 0.6 is 0 Å². The van der Waals surface area contributed by atoms with Crippen molar-refractivity contribution in [3.63, 3.8) is 0 Å². The molecule has 2 atom stereocenters. The lowest BCUT2D eigenvalue weighted by atomic mass is 10.0. The number of hydrogen-bond acceptors (Lipinski definition) is 4. The van der Waals surface area contributed by atoms with Crippen LogP contribution in [0.1, 0.15) is 36.8 Å². The molecule has 4 heteroatoms. The molecule has 102 valence electrons. The zero-order chi connectivity index (χ0) is 13.7. The third kappa shape index (κ3) is 3.16. The van der Waals surface area contributed by atoms with Crippen LogP contribution in [0.25, 0.3) is 0 Å². The van der Waals surface area contributed by atoms with Crippen LogP contribution in [0.5, 0.6) is 5.75 Å². The van der Waals surface area contributed by atoms with Crippen molar-refractivity contribution in [2.45, 2.75) is 25.4 Å². The van der Waals surface area contributed by atoms with Crippen molar-refractivity contribution >= 4 is 0 Å². The highest BCUT2D eigenvalue weighted by molar-refractivity contribution is 5.34. The molecule has 1 aromatic heterocycles. The number of aromatic hydroxyl groups is 1. The summed E-state index contributed by atoms with van der Waals surface area (Å²) in [6, 6.07) is 10.5. The van der Waals surface area contributed by atoms with Gasteiger partial charge in [-0.1, -0.05) is 25.1 Å². The van der Waals surface area contributed by atoms with Crippen LogP contribution in [0.3, 0.4) is 0 Å². The average Bonchev–Trinajstić information content (AvgIpc) is 2.95. The molecule has 0 aliphatic heterocycles. The lowest BCUT2D eigenvalue weighted by molar-refractivity contribution is 0.213. The molecule has 0 aliphatic carbocycles. The summed E-state index contributed by atoms with van der Waals surface area (Å²) in [5, 5.41) is 22.7. The second-order valence-electron chi connectivity index (χ2n) is 4.44. The Balaban J connectivity index is 2.17. The van der Waals surface area contributed by atoms with Gasteiger partial charge in [0.15, 0.2) is 0 Å². The number of aliphatic hydroxyl groups is 1. The summed E-state index contributed by atoms with van der Waals surface area (Å²) in [7, 11) is 0. The molecule has 0 radical (unpaired) electrons. The van der Waals surface area contributed by atoms with Crippen LogP contribution in [0.4, 0.5) is 0 Å². The van der Waals surface area contributed by atoms with Crippen LogP contribution in [-0.2, 0) is 0 Å². The maximum absolute atomic E-state index is 9.90. The van der Waals surface area contributed by atoms with Crippen LogP contribution < -0.4 is 5.32 Å². The second kappa shape index (κ2) is 6.41. The van der Waals surface area contributed by atoms with Crippen molar-refractivity contribution < 1.29 is 14.6 Å². The Morgan fingerprint density at radius 2 is 1.95 bits per heavy atom. The number of phenols is 1. The first-order valence-corrected chi connectivity index (χ1v) is 6.44. The van der Waals surface area contributed by atoms with Crippen molar-refractivity contribution in [1.82, 2.24) is 5.32 Å². The van der Waals surface area contributed by atoms with Crippen molar-refractivity contribution in [3.05, 3.63) is 54.0 Å². The van der Waals surface area contributed by atoms with E-state index in [1.54, 1.807) is 24.5 Å². The van der Waals surface area contributed by atoms with Gasteiger partial charge >= 0.3 is 0 Å². The smallest absolute Gasteiger partial charge is 0.123 e. The van der Waals surface area contributed by atoms with Gasteiger partial charge in [-0.25, -0.2) is 0 Å². The molecule has 0 bridgehead atoms. The number of furan rings is 1. The highest BCUT2D eigenvalue weighted by Gasteiger charge is 2.20. The molecule has 2 rings (SSSR count). The van der Waals surface area contributed by atoms with Crippen LogP contribution in [0.15, 0.2) is 47.1 Å². The molecule has 0 amide bonds. The minimum atomic E-state index is -0.278. The lowest BCUT2D eigenvalue weighted by Gasteiger charge is -2.23. The first-order chi connectivity index (χ1) is 9.26. The van der Waals surface area contributed by atoms with Crippen molar-refractivity contribution in [3.8, 4) is 5.75 Å². The third-order valence-electron chi connectivity index (χ3n) is 3.19. The summed E-state index contributed by atoms with van der Waals surface area (Å²) < 4.78 is 5.31. The number of nitrogens with one attached hydrogen (secondary N) is 1. The van der Waals surface area contributed by atoms with E-state index in [4.69, 9.17) is 4.42 Å². The van der Waals surface area contributed by atoms with Gasteiger partial charge in [-0.2, -0.15) is 0 Å². The van der Waals surface area contributed by atoms with Gasteiger partial charge in [0.25, 0.3) is 0 Å². The Morgan fingerprint density at radius 1 is 1.16 bits per heavy atom. The van der Waals surface area contributed by atoms with Crippen molar-refractivity contribution in [2.75, 3.05) is 6.61 Å². The SMILES string of the molecule is CC[C@H](N[C@@H](CO)c1ccco1)c1ccccc1O. The maximum Gasteiger partial charge on any atom is 0.123 e. The van der Waals surface area contributed by atoms with E-state index in [1.807, 2.05) is 25.1 Å². The predicted octanol–water partition coefficient (Wildman–Crippen LogP) is 2.76. The fourth-order valence-corrected chi connectivity index (χ4v) is 2.17. The Bertz CT molecular complexity index is 496. The third-order valence-corrected chi connectivity index (χ3v) is 3.19. The minimum absolute atomic E-state index is 0.0385. The average molecular weight is 261 g/mol. The van der Waals surface area contributed by atoms with E-state index in [0.717, 1.165) is 12.0 Å². The molecule has 19 heavy (non-hydrogen) atoms. The van der Waals surface area contributed by atoms with Gasteiger partial charge < -0.3 is 14.6 Å². The first-order valence-electron chi connectivity index (χ1n) is 6.44. The second-order valence-corrected chi connectivity index (χ2v) is 4.44. The molecular formula is C15H19NO3. The normalized spacial score (nSPS) is 14.2. The summed E-state index contributed by atoms with van der Waals surface area (Å²) in [5.74, 6) is 0.953. The van der Waals surface area contributed by atoms with Crippen LogP contribution in [0.2, 0.25) is 0 Å². The number of hydrogen-bond donors (Lipinski definition) is 3. The topological polar surface area (TPSA) is 65.6 Å². The Morgan fingerprint density at radius 3 is 2.53 bits per heavy atom. The summed E-state index contributed by atoms with van der Waals surface area (Å²) in [4.78, 5) is 0.